The number of hydrogen-bond acceptors (Lipinski definition) is 4. The first-order valence-electron chi connectivity index (χ1n) is 5.68. The molecule has 0 heterocycles. The number of halogens is 1. The van der Waals surface area contributed by atoms with Crippen molar-refractivity contribution in [3.05, 3.63) is 29.8 Å². The minimum Gasteiger partial charge on any atom is -0.478 e. The number of rotatable bonds is 7. The minimum atomic E-state index is -0.965. The van der Waals surface area contributed by atoms with Gasteiger partial charge in [0.05, 0.1) is 11.3 Å². The molecule has 8 heteroatoms. The van der Waals surface area contributed by atoms with Crippen LogP contribution in [-0.4, -0.2) is 36.4 Å². The average Bonchev–Trinajstić information content (AvgIpc) is 2.38. The van der Waals surface area contributed by atoms with Gasteiger partial charge in [-0.2, -0.15) is 0 Å². The highest BCUT2D eigenvalue weighted by atomic mass is 35.5. The number of hydrogen-bond donors (Lipinski definition) is 4. The fraction of sp³-hybridized carbons (Fsp3) is 0.250. The Morgan fingerprint density at radius 2 is 1.90 bits per heavy atom. The first-order valence-corrected chi connectivity index (χ1v) is 5.68. The van der Waals surface area contributed by atoms with E-state index in [0.717, 1.165) is 0 Å². The molecule has 0 unspecified atom stereocenters. The van der Waals surface area contributed by atoms with Crippen LogP contribution in [0.5, 0.6) is 0 Å². The fourth-order valence-electron chi connectivity index (χ4n) is 1.22. The second-order valence-electron chi connectivity index (χ2n) is 3.66. The van der Waals surface area contributed by atoms with Crippen LogP contribution in [0.4, 0.5) is 5.69 Å². The molecule has 0 bridgehead atoms. The molecule has 0 aliphatic carbocycles. The minimum absolute atomic E-state index is 0. The van der Waals surface area contributed by atoms with E-state index >= 15 is 0 Å². The second kappa shape index (κ2) is 9.76. The van der Waals surface area contributed by atoms with Crippen molar-refractivity contribution >= 4 is 36.3 Å². The van der Waals surface area contributed by atoms with Gasteiger partial charge in [-0.25, -0.2) is 15.2 Å². The van der Waals surface area contributed by atoms with Crippen LogP contribution in [0.2, 0.25) is 0 Å². The normalized spacial score (nSPS) is 9.85. The smallest absolute Gasteiger partial charge is 0.335 e. The van der Waals surface area contributed by atoms with Crippen molar-refractivity contribution in [3.8, 4) is 0 Å². The van der Waals surface area contributed by atoms with Crippen LogP contribution in [0.15, 0.2) is 29.3 Å². The predicted molar refractivity (Wildman–Crippen MR) is 78.6 cm³/mol. The Hall–Kier alpha value is -2.12. The lowest BCUT2D eigenvalue weighted by Crippen LogP contribution is -2.37. The summed E-state index contributed by atoms with van der Waals surface area (Å²) in [6.45, 7) is 2.53. The van der Waals surface area contributed by atoms with Gasteiger partial charge >= 0.3 is 5.97 Å². The predicted octanol–water partition coefficient (Wildman–Crippen LogP) is 0.697. The van der Waals surface area contributed by atoms with Gasteiger partial charge in [-0.1, -0.05) is 0 Å². The molecule has 0 radical (unpaired) electrons. The maximum Gasteiger partial charge on any atom is 0.335 e. The zero-order valence-corrected chi connectivity index (χ0v) is 11.7. The molecule has 110 valence electrons. The van der Waals surface area contributed by atoms with Gasteiger partial charge in [-0.3, -0.25) is 4.79 Å². The molecular weight excluding hydrogens is 284 g/mol. The number of carboxylic acids is 1. The Labute approximate surface area is 122 Å². The lowest BCUT2D eigenvalue weighted by Gasteiger charge is -2.03. The maximum absolute atomic E-state index is 10.6. The number of nitrogens with one attached hydrogen (secondary N) is 3. The summed E-state index contributed by atoms with van der Waals surface area (Å²) in [6, 6.07) is 6.19. The van der Waals surface area contributed by atoms with Crippen LogP contribution in [0.3, 0.4) is 0 Å². The molecule has 1 aromatic rings. The van der Waals surface area contributed by atoms with E-state index in [0.29, 0.717) is 18.8 Å². The number of benzene rings is 1. The maximum atomic E-state index is 10.6. The van der Waals surface area contributed by atoms with Crippen molar-refractivity contribution in [2.45, 2.75) is 6.92 Å². The fourth-order valence-corrected chi connectivity index (χ4v) is 1.22. The summed E-state index contributed by atoms with van der Waals surface area (Å²) in [5.74, 6) is -1.04. The third kappa shape index (κ3) is 7.34. The van der Waals surface area contributed by atoms with Gasteiger partial charge in [0.1, 0.15) is 6.34 Å². The molecule has 4 N–H and O–H groups in total. The number of carbonyl (C=O) groups excluding carboxylic acids is 1. The van der Waals surface area contributed by atoms with Crippen LogP contribution in [-0.2, 0) is 4.79 Å². The summed E-state index contributed by atoms with van der Waals surface area (Å²) >= 11 is 0. The molecule has 0 atom stereocenters. The third-order valence-electron chi connectivity index (χ3n) is 2.12. The van der Waals surface area contributed by atoms with Crippen molar-refractivity contribution in [1.82, 2.24) is 16.2 Å². The number of carbonyl (C=O) groups is 2. The number of hydrazine groups is 1. The Kier molecular flexibility index (Phi) is 8.73. The van der Waals surface area contributed by atoms with Crippen molar-refractivity contribution in [2.24, 2.45) is 4.99 Å². The van der Waals surface area contributed by atoms with Crippen LogP contribution < -0.4 is 16.2 Å². The number of nitrogens with zero attached hydrogens (tertiary/aromatic N) is 1. The van der Waals surface area contributed by atoms with E-state index in [1.807, 2.05) is 0 Å². The largest absolute Gasteiger partial charge is 0.478 e. The lowest BCUT2D eigenvalue weighted by atomic mass is 10.2. The number of amides is 1. The molecule has 0 aromatic heterocycles. The Morgan fingerprint density at radius 3 is 2.45 bits per heavy atom. The second-order valence-corrected chi connectivity index (χ2v) is 3.66. The topological polar surface area (TPSA) is 103 Å². The molecule has 0 saturated heterocycles. The first kappa shape index (κ1) is 17.9. The summed E-state index contributed by atoms with van der Waals surface area (Å²) < 4.78 is 0. The molecule has 1 aromatic carbocycles. The number of carboxylic acid groups (broad SMARTS) is 1. The van der Waals surface area contributed by atoms with E-state index in [1.54, 1.807) is 12.1 Å². The molecule has 0 aliphatic heterocycles. The van der Waals surface area contributed by atoms with Crippen LogP contribution in [0.25, 0.3) is 0 Å². The standard InChI is InChI=1S/C12H16N4O3.ClH/c1-9(17)13-6-7-15-16-8-14-11-4-2-10(3-5-11)12(18)19;/h2-5,8,15H,6-7H2,1H3,(H,13,17)(H,14,16)(H,18,19);1H. The molecule has 0 spiro atoms. The summed E-state index contributed by atoms with van der Waals surface area (Å²) in [5.41, 5.74) is 6.43. The first-order chi connectivity index (χ1) is 9.09. The van der Waals surface area contributed by atoms with Crippen molar-refractivity contribution in [3.63, 3.8) is 0 Å². The summed E-state index contributed by atoms with van der Waals surface area (Å²) in [5, 5.41) is 11.3. The van der Waals surface area contributed by atoms with Crippen molar-refractivity contribution in [2.75, 3.05) is 13.1 Å². The molecule has 7 nitrogen and oxygen atoms in total. The van der Waals surface area contributed by atoms with E-state index in [2.05, 4.69) is 21.2 Å². The Morgan fingerprint density at radius 1 is 1.25 bits per heavy atom. The lowest BCUT2D eigenvalue weighted by molar-refractivity contribution is -0.118. The van der Waals surface area contributed by atoms with Crippen molar-refractivity contribution < 1.29 is 14.7 Å². The monoisotopic (exact) mass is 300 g/mol. The van der Waals surface area contributed by atoms with E-state index in [-0.39, 0.29) is 23.9 Å². The Bertz CT molecular complexity index is 462. The molecule has 1 rings (SSSR count). The van der Waals surface area contributed by atoms with Crippen molar-refractivity contribution in [1.29, 1.82) is 0 Å². The average molecular weight is 301 g/mol. The SMILES string of the molecule is CC(=O)NCCNNC=Nc1ccc(C(=O)O)cc1.Cl. The number of aromatic carboxylic acids is 1. The van der Waals surface area contributed by atoms with Crippen LogP contribution in [0, 0.1) is 0 Å². The molecule has 0 fully saturated rings. The van der Waals surface area contributed by atoms with Gasteiger partial charge in [0.2, 0.25) is 5.91 Å². The van der Waals surface area contributed by atoms with Gasteiger partial charge in [0.25, 0.3) is 0 Å². The van der Waals surface area contributed by atoms with Gasteiger partial charge < -0.3 is 15.8 Å². The van der Waals surface area contributed by atoms with Crippen LogP contribution in [0.1, 0.15) is 17.3 Å². The van der Waals surface area contributed by atoms with E-state index < -0.39 is 5.97 Å². The highest BCUT2D eigenvalue weighted by Gasteiger charge is 2.00. The van der Waals surface area contributed by atoms with E-state index in [9.17, 15) is 9.59 Å². The molecule has 0 aliphatic rings. The van der Waals surface area contributed by atoms with Gasteiger partial charge in [-0.05, 0) is 24.3 Å². The molecular formula is C12H17ClN4O3. The third-order valence-corrected chi connectivity index (χ3v) is 2.12. The summed E-state index contributed by atoms with van der Waals surface area (Å²) in [7, 11) is 0. The van der Waals surface area contributed by atoms with Gasteiger partial charge in [0.15, 0.2) is 0 Å². The Balaban J connectivity index is 0.00000361. The summed E-state index contributed by atoms with van der Waals surface area (Å²) in [4.78, 5) is 25.3. The zero-order chi connectivity index (χ0) is 14.1. The van der Waals surface area contributed by atoms with Crippen LogP contribution >= 0.6 is 12.4 Å². The zero-order valence-electron chi connectivity index (χ0n) is 10.9. The highest BCUT2D eigenvalue weighted by Crippen LogP contribution is 2.11. The molecule has 0 saturated carbocycles. The summed E-state index contributed by atoms with van der Waals surface area (Å²) in [6.07, 6.45) is 1.45. The molecule has 1 amide bonds. The van der Waals surface area contributed by atoms with Gasteiger partial charge in [0, 0.05) is 20.0 Å². The highest BCUT2D eigenvalue weighted by molar-refractivity contribution is 5.88. The van der Waals surface area contributed by atoms with E-state index in [4.69, 9.17) is 5.11 Å². The van der Waals surface area contributed by atoms with Gasteiger partial charge in [-0.15, -0.1) is 12.4 Å². The molecule has 20 heavy (non-hydrogen) atoms. The number of aliphatic imine (C=N–C) groups is 1. The van der Waals surface area contributed by atoms with E-state index in [1.165, 1.54) is 25.4 Å². The quantitative estimate of drug-likeness (QED) is 0.257.